The van der Waals surface area contributed by atoms with E-state index in [0.29, 0.717) is 40.9 Å². The molecular formula is C22H20ClN3O4. The molecule has 0 amide bonds. The van der Waals surface area contributed by atoms with Gasteiger partial charge in [-0.05, 0) is 55.8 Å². The van der Waals surface area contributed by atoms with E-state index in [2.05, 4.69) is 15.3 Å². The van der Waals surface area contributed by atoms with E-state index in [1.807, 2.05) is 30.3 Å². The summed E-state index contributed by atoms with van der Waals surface area (Å²) >= 11 is 6.19. The lowest BCUT2D eigenvalue weighted by molar-refractivity contribution is -0.138. The summed E-state index contributed by atoms with van der Waals surface area (Å²) in [6.45, 7) is 4.49. The van der Waals surface area contributed by atoms with Gasteiger partial charge in [0.2, 0.25) is 6.79 Å². The van der Waals surface area contributed by atoms with Crippen molar-refractivity contribution in [2.45, 2.75) is 20.4 Å². The SMILES string of the molecule is CCOC(=O)C(C)=Cc1nc(NCc2ccc3c(c2)OCO3)c2cc(Cl)ccc2n1. The Morgan fingerprint density at radius 3 is 2.87 bits per heavy atom. The van der Waals surface area contributed by atoms with Crippen molar-refractivity contribution in [3.05, 3.63) is 58.4 Å². The van der Waals surface area contributed by atoms with E-state index in [1.165, 1.54) is 0 Å². The summed E-state index contributed by atoms with van der Waals surface area (Å²) < 4.78 is 15.8. The van der Waals surface area contributed by atoms with E-state index >= 15 is 0 Å². The molecule has 0 bridgehead atoms. The third kappa shape index (κ3) is 4.31. The molecule has 1 aliphatic rings. The number of fused-ring (bicyclic) bond motifs is 2. The molecule has 0 saturated carbocycles. The first kappa shape index (κ1) is 20.0. The Labute approximate surface area is 178 Å². The number of carbonyl (C=O) groups excluding carboxylic acids is 1. The van der Waals surface area contributed by atoms with Gasteiger partial charge in [0.1, 0.15) is 5.82 Å². The van der Waals surface area contributed by atoms with Crippen LogP contribution >= 0.6 is 11.6 Å². The van der Waals surface area contributed by atoms with Crippen LogP contribution in [0.3, 0.4) is 0 Å². The number of nitrogens with one attached hydrogen (secondary N) is 1. The maximum Gasteiger partial charge on any atom is 0.333 e. The number of ether oxygens (including phenoxy) is 3. The molecule has 1 aromatic heterocycles. The number of carbonyl (C=O) groups is 1. The molecule has 0 fully saturated rings. The number of hydrogen-bond donors (Lipinski definition) is 1. The summed E-state index contributed by atoms with van der Waals surface area (Å²) in [6.07, 6.45) is 1.61. The molecule has 4 rings (SSSR count). The third-order valence-electron chi connectivity index (χ3n) is 4.52. The molecule has 0 unspecified atom stereocenters. The van der Waals surface area contributed by atoms with Crippen LogP contribution in [0.5, 0.6) is 11.5 Å². The largest absolute Gasteiger partial charge is 0.463 e. The molecule has 154 valence electrons. The zero-order valence-corrected chi connectivity index (χ0v) is 17.3. The minimum atomic E-state index is -0.396. The molecule has 0 atom stereocenters. The van der Waals surface area contributed by atoms with Crippen molar-refractivity contribution < 1.29 is 19.0 Å². The number of esters is 1. The van der Waals surface area contributed by atoms with Crippen LogP contribution in [-0.4, -0.2) is 29.3 Å². The maximum absolute atomic E-state index is 11.9. The molecule has 0 spiro atoms. The third-order valence-corrected chi connectivity index (χ3v) is 4.75. The Balaban J connectivity index is 1.65. The number of benzene rings is 2. The van der Waals surface area contributed by atoms with Gasteiger partial charge < -0.3 is 19.5 Å². The van der Waals surface area contributed by atoms with Gasteiger partial charge in [-0.1, -0.05) is 17.7 Å². The van der Waals surface area contributed by atoms with Gasteiger partial charge in [-0.15, -0.1) is 0 Å². The maximum atomic E-state index is 11.9. The van der Waals surface area contributed by atoms with Crippen molar-refractivity contribution in [3.63, 3.8) is 0 Å². The molecular weight excluding hydrogens is 406 g/mol. The number of nitrogens with zero attached hydrogens (tertiary/aromatic N) is 2. The van der Waals surface area contributed by atoms with Crippen molar-refractivity contribution in [1.29, 1.82) is 0 Å². The highest BCUT2D eigenvalue weighted by molar-refractivity contribution is 6.31. The van der Waals surface area contributed by atoms with E-state index in [1.54, 1.807) is 26.0 Å². The van der Waals surface area contributed by atoms with Crippen molar-refractivity contribution in [2.24, 2.45) is 0 Å². The van der Waals surface area contributed by atoms with Crippen LogP contribution in [0.4, 0.5) is 5.82 Å². The molecule has 2 heterocycles. The molecule has 1 N–H and O–H groups in total. The lowest BCUT2D eigenvalue weighted by Crippen LogP contribution is -2.07. The highest BCUT2D eigenvalue weighted by atomic mass is 35.5. The Morgan fingerprint density at radius 1 is 1.20 bits per heavy atom. The quantitative estimate of drug-likeness (QED) is 0.456. The van der Waals surface area contributed by atoms with Crippen molar-refractivity contribution in [3.8, 4) is 11.5 Å². The summed E-state index contributed by atoms with van der Waals surface area (Å²) in [5.41, 5.74) is 2.14. The first-order valence-corrected chi connectivity index (χ1v) is 9.86. The van der Waals surface area contributed by atoms with Crippen molar-refractivity contribution in [2.75, 3.05) is 18.7 Å². The molecule has 7 nitrogen and oxygen atoms in total. The number of halogens is 1. The van der Waals surface area contributed by atoms with Gasteiger partial charge in [-0.2, -0.15) is 0 Å². The minimum Gasteiger partial charge on any atom is -0.463 e. The average Bonchev–Trinajstić information content (AvgIpc) is 3.20. The van der Waals surface area contributed by atoms with Crippen LogP contribution in [-0.2, 0) is 16.1 Å². The van der Waals surface area contributed by atoms with Gasteiger partial charge in [0.05, 0.1) is 12.1 Å². The fraction of sp³-hybridized carbons (Fsp3) is 0.227. The number of anilines is 1. The van der Waals surface area contributed by atoms with E-state index in [4.69, 9.17) is 25.8 Å². The smallest absolute Gasteiger partial charge is 0.333 e. The van der Waals surface area contributed by atoms with E-state index in [0.717, 1.165) is 22.4 Å². The molecule has 30 heavy (non-hydrogen) atoms. The summed E-state index contributed by atoms with van der Waals surface area (Å²) in [7, 11) is 0. The Hall–Kier alpha value is -3.32. The van der Waals surface area contributed by atoms with Gasteiger partial charge in [0.25, 0.3) is 0 Å². The Kier molecular flexibility index (Phi) is 5.72. The molecule has 0 aliphatic carbocycles. The topological polar surface area (TPSA) is 82.6 Å². The molecule has 2 aromatic carbocycles. The second-order valence-electron chi connectivity index (χ2n) is 6.68. The lowest BCUT2D eigenvalue weighted by Gasteiger charge is -2.11. The van der Waals surface area contributed by atoms with Gasteiger partial charge in [-0.25, -0.2) is 14.8 Å². The highest BCUT2D eigenvalue weighted by Crippen LogP contribution is 2.33. The van der Waals surface area contributed by atoms with Crippen LogP contribution in [0.1, 0.15) is 25.2 Å². The summed E-state index contributed by atoms with van der Waals surface area (Å²) in [5.74, 6) is 2.08. The van der Waals surface area contributed by atoms with Crippen molar-refractivity contribution >= 4 is 40.4 Å². The number of hydrogen-bond acceptors (Lipinski definition) is 7. The van der Waals surface area contributed by atoms with Crippen molar-refractivity contribution in [1.82, 2.24) is 9.97 Å². The van der Waals surface area contributed by atoms with Crippen LogP contribution in [0.2, 0.25) is 5.02 Å². The van der Waals surface area contributed by atoms with Crippen LogP contribution in [0, 0.1) is 0 Å². The van der Waals surface area contributed by atoms with E-state index in [9.17, 15) is 4.79 Å². The Morgan fingerprint density at radius 2 is 2.03 bits per heavy atom. The predicted octanol–water partition coefficient (Wildman–Crippen LogP) is 4.59. The lowest BCUT2D eigenvalue weighted by atomic mass is 10.2. The van der Waals surface area contributed by atoms with Crippen LogP contribution in [0.15, 0.2) is 42.0 Å². The summed E-state index contributed by atoms with van der Waals surface area (Å²) in [6, 6.07) is 11.2. The first-order valence-electron chi connectivity index (χ1n) is 9.48. The normalized spacial score (nSPS) is 12.8. The fourth-order valence-corrected chi connectivity index (χ4v) is 3.22. The number of rotatable bonds is 6. The molecule has 1 aliphatic heterocycles. The minimum absolute atomic E-state index is 0.233. The van der Waals surface area contributed by atoms with Gasteiger partial charge >= 0.3 is 5.97 Å². The fourth-order valence-electron chi connectivity index (χ4n) is 3.05. The zero-order valence-electron chi connectivity index (χ0n) is 16.6. The van der Waals surface area contributed by atoms with Gasteiger partial charge in [-0.3, -0.25) is 0 Å². The average molecular weight is 426 g/mol. The highest BCUT2D eigenvalue weighted by Gasteiger charge is 2.14. The monoisotopic (exact) mass is 425 g/mol. The zero-order chi connectivity index (χ0) is 21.1. The second kappa shape index (κ2) is 8.59. The van der Waals surface area contributed by atoms with Crippen LogP contribution < -0.4 is 14.8 Å². The predicted molar refractivity (Wildman–Crippen MR) is 115 cm³/mol. The summed E-state index contributed by atoms with van der Waals surface area (Å²) in [4.78, 5) is 21.1. The Bertz CT molecular complexity index is 1150. The standard InChI is InChI=1S/C22H20ClN3O4/c1-3-28-22(27)13(2)8-20-25-17-6-5-15(23)10-16(17)21(26-20)24-11-14-4-7-18-19(9-14)30-12-29-18/h4-10H,3,11-12H2,1-2H3,(H,24,25,26). The van der Waals surface area contributed by atoms with Gasteiger partial charge in [0, 0.05) is 22.5 Å². The number of aromatic nitrogens is 2. The summed E-state index contributed by atoms with van der Waals surface area (Å²) in [5, 5.41) is 4.71. The molecule has 0 radical (unpaired) electrons. The molecule has 0 saturated heterocycles. The molecule has 8 heteroatoms. The second-order valence-corrected chi connectivity index (χ2v) is 7.12. The van der Waals surface area contributed by atoms with Gasteiger partial charge in [0.15, 0.2) is 17.3 Å². The van der Waals surface area contributed by atoms with E-state index < -0.39 is 5.97 Å². The van der Waals surface area contributed by atoms with E-state index in [-0.39, 0.29) is 6.79 Å². The van der Waals surface area contributed by atoms with Crippen LogP contribution in [0.25, 0.3) is 17.0 Å². The first-order chi connectivity index (χ1) is 14.5. The molecule has 3 aromatic rings.